The molecule has 1 heterocycles. The van der Waals surface area contributed by atoms with Crippen molar-refractivity contribution in [3.8, 4) is 0 Å². The van der Waals surface area contributed by atoms with Crippen LogP contribution in [0.3, 0.4) is 0 Å². The van der Waals surface area contributed by atoms with Crippen molar-refractivity contribution in [2.45, 2.75) is 45.4 Å². The zero-order valence-corrected chi connectivity index (χ0v) is 12.8. The van der Waals surface area contributed by atoms with Gasteiger partial charge in [0.05, 0.1) is 0 Å². The molecule has 2 heteroatoms. The lowest BCUT2D eigenvalue weighted by atomic mass is 9.65. The lowest BCUT2D eigenvalue weighted by Gasteiger charge is -2.41. The number of allylic oxidation sites excluding steroid dienone is 2. The van der Waals surface area contributed by atoms with Crippen LogP contribution in [0.25, 0.3) is 5.57 Å². The Morgan fingerprint density at radius 2 is 1.80 bits per heavy atom. The molecule has 108 valence electrons. The smallest absolute Gasteiger partial charge is 0.160 e. The zero-order chi connectivity index (χ0) is 14.6. The van der Waals surface area contributed by atoms with Crippen molar-refractivity contribution in [1.82, 2.24) is 5.32 Å². The third-order valence-corrected chi connectivity index (χ3v) is 4.43. The zero-order valence-electron chi connectivity index (χ0n) is 12.8. The SMILES string of the molecule is CC.CC(=O)C1=CCC2(CCNCC2)c2ccccc21. The minimum Gasteiger partial charge on any atom is -0.317 e. The Kier molecular flexibility index (Phi) is 4.77. The van der Waals surface area contributed by atoms with Gasteiger partial charge in [0, 0.05) is 11.0 Å². The number of fused-ring (bicyclic) bond motifs is 2. The number of piperidine rings is 1. The van der Waals surface area contributed by atoms with Crippen LogP contribution >= 0.6 is 0 Å². The minimum absolute atomic E-state index is 0.186. The second kappa shape index (κ2) is 6.36. The van der Waals surface area contributed by atoms with Crippen LogP contribution in [0.15, 0.2) is 30.3 Å². The van der Waals surface area contributed by atoms with Crippen LogP contribution in [0.4, 0.5) is 0 Å². The number of hydrogen-bond donors (Lipinski definition) is 1. The van der Waals surface area contributed by atoms with E-state index in [1.165, 1.54) is 18.4 Å². The number of ketones is 1. The van der Waals surface area contributed by atoms with Gasteiger partial charge >= 0.3 is 0 Å². The molecule has 1 aliphatic heterocycles. The number of carbonyl (C=O) groups excluding carboxylic acids is 1. The molecule has 1 N–H and O–H groups in total. The molecule has 3 rings (SSSR count). The molecule has 0 atom stereocenters. The predicted octanol–water partition coefficient (Wildman–Crippen LogP) is 3.71. The molecule has 20 heavy (non-hydrogen) atoms. The van der Waals surface area contributed by atoms with Gasteiger partial charge in [-0.1, -0.05) is 44.2 Å². The molecule has 0 bridgehead atoms. The third kappa shape index (κ3) is 2.57. The first-order valence-corrected chi connectivity index (χ1v) is 7.75. The van der Waals surface area contributed by atoms with Gasteiger partial charge in [-0.05, 0) is 50.4 Å². The van der Waals surface area contributed by atoms with E-state index in [2.05, 4.69) is 29.6 Å². The molecule has 1 fully saturated rings. The van der Waals surface area contributed by atoms with Crippen LogP contribution in [0.1, 0.15) is 51.2 Å². The Hall–Kier alpha value is -1.41. The molecule has 0 radical (unpaired) electrons. The highest BCUT2D eigenvalue weighted by Crippen LogP contribution is 2.44. The maximum Gasteiger partial charge on any atom is 0.160 e. The van der Waals surface area contributed by atoms with Crippen LogP contribution in [0, 0.1) is 0 Å². The normalized spacial score (nSPS) is 19.4. The van der Waals surface area contributed by atoms with Crippen LogP contribution in [0.2, 0.25) is 0 Å². The molecule has 1 spiro atoms. The Balaban J connectivity index is 0.000000704. The second-order valence-electron chi connectivity index (χ2n) is 5.45. The van der Waals surface area contributed by atoms with E-state index in [1.807, 2.05) is 19.9 Å². The Labute approximate surface area is 122 Å². The summed E-state index contributed by atoms with van der Waals surface area (Å²) in [4.78, 5) is 11.8. The topological polar surface area (TPSA) is 29.1 Å². The number of carbonyl (C=O) groups is 1. The second-order valence-corrected chi connectivity index (χ2v) is 5.45. The summed E-state index contributed by atoms with van der Waals surface area (Å²) < 4.78 is 0. The van der Waals surface area contributed by atoms with Crippen LogP contribution in [0.5, 0.6) is 0 Å². The van der Waals surface area contributed by atoms with Crippen molar-refractivity contribution in [3.63, 3.8) is 0 Å². The van der Waals surface area contributed by atoms with E-state index < -0.39 is 0 Å². The molecule has 2 aliphatic rings. The lowest BCUT2D eigenvalue weighted by Crippen LogP contribution is -2.41. The van der Waals surface area contributed by atoms with Crippen molar-refractivity contribution in [2.75, 3.05) is 13.1 Å². The molecule has 1 aromatic rings. The summed E-state index contributed by atoms with van der Waals surface area (Å²) >= 11 is 0. The molecule has 1 aromatic carbocycles. The van der Waals surface area contributed by atoms with E-state index in [0.29, 0.717) is 0 Å². The maximum atomic E-state index is 11.8. The van der Waals surface area contributed by atoms with E-state index in [1.54, 1.807) is 6.92 Å². The van der Waals surface area contributed by atoms with Gasteiger partial charge < -0.3 is 5.32 Å². The molecule has 0 saturated carbocycles. The average Bonchev–Trinajstić information content (AvgIpc) is 2.50. The Morgan fingerprint density at radius 1 is 1.15 bits per heavy atom. The van der Waals surface area contributed by atoms with Crippen molar-refractivity contribution < 1.29 is 4.79 Å². The molecule has 1 aliphatic carbocycles. The van der Waals surface area contributed by atoms with Crippen LogP contribution < -0.4 is 5.32 Å². The predicted molar refractivity (Wildman–Crippen MR) is 84.8 cm³/mol. The first-order chi connectivity index (χ1) is 9.73. The van der Waals surface area contributed by atoms with Gasteiger partial charge in [-0.25, -0.2) is 0 Å². The van der Waals surface area contributed by atoms with Gasteiger partial charge in [0.1, 0.15) is 0 Å². The summed E-state index contributed by atoms with van der Waals surface area (Å²) in [6, 6.07) is 8.46. The van der Waals surface area contributed by atoms with Crippen molar-refractivity contribution in [2.24, 2.45) is 0 Å². The molecule has 1 saturated heterocycles. The minimum atomic E-state index is 0.186. The number of rotatable bonds is 1. The molecular weight excluding hydrogens is 246 g/mol. The fourth-order valence-corrected chi connectivity index (χ4v) is 3.41. The Morgan fingerprint density at radius 3 is 2.45 bits per heavy atom. The summed E-state index contributed by atoms with van der Waals surface area (Å²) in [5, 5.41) is 3.43. The van der Waals surface area contributed by atoms with Crippen LogP contribution in [-0.2, 0) is 10.2 Å². The monoisotopic (exact) mass is 271 g/mol. The van der Waals surface area contributed by atoms with E-state index in [0.717, 1.165) is 30.6 Å². The van der Waals surface area contributed by atoms with E-state index in [4.69, 9.17) is 0 Å². The summed E-state index contributed by atoms with van der Waals surface area (Å²) in [6.07, 6.45) is 5.52. The number of hydrogen-bond acceptors (Lipinski definition) is 2. The highest BCUT2D eigenvalue weighted by atomic mass is 16.1. The molecule has 0 amide bonds. The lowest BCUT2D eigenvalue weighted by molar-refractivity contribution is -0.111. The standard InChI is InChI=1S/C16H19NO.C2H6/c1-12(18)13-6-7-16(8-10-17-11-9-16)15-5-3-2-4-14(13)15;1-2/h2-6,17H,7-11H2,1H3;1-2H3. The van der Waals surface area contributed by atoms with E-state index in [-0.39, 0.29) is 11.2 Å². The quantitative estimate of drug-likeness (QED) is 0.843. The number of Topliss-reactive ketones (excluding diaryl/α,β-unsaturated/α-hetero) is 1. The van der Waals surface area contributed by atoms with E-state index in [9.17, 15) is 4.79 Å². The Bertz CT molecular complexity index is 510. The van der Waals surface area contributed by atoms with Gasteiger partial charge in [0.2, 0.25) is 0 Å². The largest absolute Gasteiger partial charge is 0.317 e. The maximum absolute atomic E-state index is 11.8. The average molecular weight is 271 g/mol. The van der Waals surface area contributed by atoms with Gasteiger partial charge in [0.25, 0.3) is 0 Å². The van der Waals surface area contributed by atoms with Crippen molar-refractivity contribution in [3.05, 3.63) is 41.5 Å². The summed E-state index contributed by atoms with van der Waals surface area (Å²) in [7, 11) is 0. The number of nitrogens with one attached hydrogen (secondary N) is 1. The van der Waals surface area contributed by atoms with Crippen molar-refractivity contribution >= 4 is 11.4 Å². The summed E-state index contributed by atoms with van der Waals surface area (Å²) in [5.74, 6) is 0.186. The highest BCUT2D eigenvalue weighted by Gasteiger charge is 2.37. The number of benzene rings is 1. The van der Waals surface area contributed by atoms with Gasteiger partial charge in [-0.15, -0.1) is 0 Å². The van der Waals surface area contributed by atoms with E-state index >= 15 is 0 Å². The molecular formula is C18H25NO. The fourth-order valence-electron chi connectivity index (χ4n) is 3.41. The molecule has 0 unspecified atom stereocenters. The fraction of sp³-hybridized carbons (Fsp3) is 0.500. The molecule has 2 nitrogen and oxygen atoms in total. The highest BCUT2D eigenvalue weighted by molar-refractivity contribution is 6.20. The van der Waals surface area contributed by atoms with Gasteiger partial charge in [-0.2, -0.15) is 0 Å². The van der Waals surface area contributed by atoms with Gasteiger partial charge in [0.15, 0.2) is 5.78 Å². The van der Waals surface area contributed by atoms with Crippen molar-refractivity contribution in [1.29, 1.82) is 0 Å². The molecule has 0 aromatic heterocycles. The first-order valence-electron chi connectivity index (χ1n) is 7.75. The summed E-state index contributed by atoms with van der Waals surface area (Å²) in [5.41, 5.74) is 3.73. The van der Waals surface area contributed by atoms with Crippen LogP contribution in [-0.4, -0.2) is 18.9 Å². The third-order valence-electron chi connectivity index (χ3n) is 4.43. The first kappa shape index (κ1) is 15.0. The van der Waals surface area contributed by atoms with Gasteiger partial charge in [-0.3, -0.25) is 4.79 Å². The summed E-state index contributed by atoms with van der Waals surface area (Å²) in [6.45, 7) is 7.83.